The van der Waals surface area contributed by atoms with Crippen LogP contribution < -0.4 is 11.1 Å². The molecule has 0 aromatic carbocycles. The van der Waals surface area contributed by atoms with Crippen molar-refractivity contribution in [2.75, 3.05) is 11.1 Å². The number of anilines is 2. The van der Waals surface area contributed by atoms with Gasteiger partial charge in [0.15, 0.2) is 5.82 Å². The van der Waals surface area contributed by atoms with E-state index >= 15 is 0 Å². The highest BCUT2D eigenvalue weighted by atomic mass is 16.1. The lowest BCUT2D eigenvalue weighted by Crippen LogP contribution is -2.14. The fourth-order valence-corrected chi connectivity index (χ4v) is 1.30. The zero-order chi connectivity index (χ0) is 12.3. The SMILES string of the molecule is Cc1ccc(C(=O)Nc2ncccc2N)cn1. The van der Waals surface area contributed by atoms with Crippen LogP contribution in [-0.4, -0.2) is 15.9 Å². The monoisotopic (exact) mass is 228 g/mol. The summed E-state index contributed by atoms with van der Waals surface area (Å²) in [7, 11) is 0. The number of aryl methyl sites for hydroxylation is 1. The summed E-state index contributed by atoms with van der Waals surface area (Å²) in [5, 5.41) is 2.63. The minimum atomic E-state index is -0.275. The lowest BCUT2D eigenvalue weighted by Gasteiger charge is -2.06. The zero-order valence-corrected chi connectivity index (χ0v) is 9.34. The Balaban J connectivity index is 2.17. The fraction of sp³-hybridized carbons (Fsp3) is 0.0833. The van der Waals surface area contributed by atoms with Crippen LogP contribution in [0, 0.1) is 6.92 Å². The molecule has 2 aromatic heterocycles. The standard InChI is InChI=1S/C12H12N4O/c1-8-4-5-9(7-15-8)12(17)16-11-10(13)3-2-6-14-11/h2-7H,13H2,1H3,(H,14,16,17). The van der Waals surface area contributed by atoms with Crippen molar-refractivity contribution >= 4 is 17.4 Å². The third kappa shape index (κ3) is 2.57. The van der Waals surface area contributed by atoms with Crippen molar-refractivity contribution < 1.29 is 4.79 Å². The first kappa shape index (κ1) is 11.1. The summed E-state index contributed by atoms with van der Waals surface area (Å²) in [4.78, 5) is 19.9. The number of hydrogen-bond acceptors (Lipinski definition) is 4. The number of rotatable bonds is 2. The van der Waals surface area contributed by atoms with Crippen LogP contribution in [0.1, 0.15) is 16.1 Å². The predicted molar refractivity (Wildman–Crippen MR) is 65.6 cm³/mol. The smallest absolute Gasteiger partial charge is 0.258 e. The van der Waals surface area contributed by atoms with Crippen molar-refractivity contribution in [2.24, 2.45) is 0 Å². The lowest BCUT2D eigenvalue weighted by atomic mass is 10.2. The van der Waals surface area contributed by atoms with Crippen LogP contribution >= 0.6 is 0 Å². The Morgan fingerprint density at radius 2 is 2.12 bits per heavy atom. The number of carbonyl (C=O) groups excluding carboxylic acids is 1. The first-order valence-electron chi connectivity index (χ1n) is 5.11. The average molecular weight is 228 g/mol. The molecule has 5 heteroatoms. The molecule has 0 aliphatic rings. The van der Waals surface area contributed by atoms with E-state index in [0.29, 0.717) is 17.1 Å². The first-order valence-corrected chi connectivity index (χ1v) is 5.11. The summed E-state index contributed by atoms with van der Waals surface area (Å²) in [6.45, 7) is 1.86. The average Bonchev–Trinajstić information content (AvgIpc) is 2.33. The highest BCUT2D eigenvalue weighted by Crippen LogP contribution is 2.14. The highest BCUT2D eigenvalue weighted by Gasteiger charge is 2.08. The van der Waals surface area contributed by atoms with Gasteiger partial charge in [-0.2, -0.15) is 0 Å². The lowest BCUT2D eigenvalue weighted by molar-refractivity contribution is 0.102. The van der Waals surface area contributed by atoms with E-state index in [4.69, 9.17) is 5.73 Å². The van der Waals surface area contributed by atoms with E-state index in [9.17, 15) is 4.79 Å². The molecular weight excluding hydrogens is 216 g/mol. The molecule has 0 unspecified atom stereocenters. The Bertz CT molecular complexity index is 536. The van der Waals surface area contributed by atoms with Gasteiger partial charge in [-0.15, -0.1) is 0 Å². The molecular formula is C12H12N4O. The van der Waals surface area contributed by atoms with E-state index in [0.717, 1.165) is 5.69 Å². The summed E-state index contributed by atoms with van der Waals surface area (Å²) in [6.07, 6.45) is 3.09. The number of nitrogen functional groups attached to an aromatic ring is 1. The van der Waals surface area contributed by atoms with Crippen LogP contribution in [0.25, 0.3) is 0 Å². The van der Waals surface area contributed by atoms with E-state index < -0.39 is 0 Å². The molecule has 2 rings (SSSR count). The third-order valence-electron chi connectivity index (χ3n) is 2.24. The van der Waals surface area contributed by atoms with Gasteiger partial charge in [-0.3, -0.25) is 9.78 Å². The van der Waals surface area contributed by atoms with Crippen molar-refractivity contribution in [1.82, 2.24) is 9.97 Å². The van der Waals surface area contributed by atoms with Crippen molar-refractivity contribution in [3.05, 3.63) is 47.9 Å². The highest BCUT2D eigenvalue weighted by molar-refractivity contribution is 6.04. The van der Waals surface area contributed by atoms with Crippen molar-refractivity contribution in [2.45, 2.75) is 6.92 Å². The summed E-state index contributed by atoms with van der Waals surface area (Å²) in [5.74, 6) is 0.0842. The number of nitrogens with two attached hydrogens (primary N) is 1. The first-order chi connectivity index (χ1) is 8.16. The van der Waals surface area contributed by atoms with Crippen molar-refractivity contribution in [1.29, 1.82) is 0 Å². The van der Waals surface area contributed by atoms with E-state index in [-0.39, 0.29) is 5.91 Å². The molecule has 5 nitrogen and oxygen atoms in total. The second-order valence-electron chi connectivity index (χ2n) is 3.58. The van der Waals surface area contributed by atoms with Gasteiger partial charge in [0.25, 0.3) is 5.91 Å². The number of carbonyl (C=O) groups is 1. The Kier molecular flexibility index (Phi) is 3.00. The van der Waals surface area contributed by atoms with Gasteiger partial charge >= 0.3 is 0 Å². The number of pyridine rings is 2. The Labute approximate surface area is 98.7 Å². The topological polar surface area (TPSA) is 80.9 Å². The van der Waals surface area contributed by atoms with Gasteiger partial charge in [0.05, 0.1) is 11.3 Å². The quantitative estimate of drug-likeness (QED) is 0.818. The van der Waals surface area contributed by atoms with Gasteiger partial charge in [-0.25, -0.2) is 4.98 Å². The molecule has 0 atom stereocenters. The van der Waals surface area contributed by atoms with Gasteiger partial charge in [0, 0.05) is 18.1 Å². The molecule has 17 heavy (non-hydrogen) atoms. The largest absolute Gasteiger partial charge is 0.396 e. The Morgan fingerprint density at radius 1 is 1.29 bits per heavy atom. The number of aromatic nitrogens is 2. The molecule has 0 saturated carbocycles. The number of nitrogens with zero attached hydrogens (tertiary/aromatic N) is 2. The maximum Gasteiger partial charge on any atom is 0.258 e. The normalized spacial score (nSPS) is 9.94. The number of amides is 1. The maximum atomic E-state index is 11.8. The molecule has 0 fully saturated rings. The van der Waals surface area contributed by atoms with Crippen LogP contribution in [0.3, 0.4) is 0 Å². The number of hydrogen-bond donors (Lipinski definition) is 2. The van der Waals surface area contributed by atoms with Crippen molar-refractivity contribution in [3.63, 3.8) is 0 Å². The predicted octanol–water partition coefficient (Wildman–Crippen LogP) is 1.62. The molecule has 0 saturated heterocycles. The molecule has 1 amide bonds. The van der Waals surface area contributed by atoms with Crippen LogP contribution in [0.15, 0.2) is 36.7 Å². The van der Waals surface area contributed by atoms with Gasteiger partial charge < -0.3 is 11.1 Å². The Morgan fingerprint density at radius 3 is 2.76 bits per heavy atom. The molecule has 0 radical (unpaired) electrons. The Hall–Kier alpha value is -2.43. The summed E-state index contributed by atoms with van der Waals surface area (Å²) in [5.41, 5.74) is 7.44. The maximum absolute atomic E-state index is 11.8. The van der Waals surface area contributed by atoms with Crippen molar-refractivity contribution in [3.8, 4) is 0 Å². The molecule has 0 aliphatic carbocycles. The van der Waals surface area contributed by atoms with E-state index in [1.54, 1.807) is 30.5 Å². The molecule has 3 N–H and O–H groups in total. The van der Waals surface area contributed by atoms with E-state index in [1.165, 1.54) is 6.20 Å². The van der Waals surface area contributed by atoms with Crippen LogP contribution in [-0.2, 0) is 0 Å². The van der Waals surface area contributed by atoms with Gasteiger partial charge in [-0.1, -0.05) is 0 Å². The fourth-order valence-electron chi connectivity index (χ4n) is 1.30. The van der Waals surface area contributed by atoms with E-state index in [1.807, 2.05) is 6.92 Å². The molecule has 86 valence electrons. The van der Waals surface area contributed by atoms with Crippen LogP contribution in [0.4, 0.5) is 11.5 Å². The summed E-state index contributed by atoms with van der Waals surface area (Å²) >= 11 is 0. The van der Waals surface area contributed by atoms with Gasteiger partial charge in [0.1, 0.15) is 0 Å². The van der Waals surface area contributed by atoms with E-state index in [2.05, 4.69) is 15.3 Å². The van der Waals surface area contributed by atoms with Crippen LogP contribution in [0.5, 0.6) is 0 Å². The zero-order valence-electron chi connectivity index (χ0n) is 9.34. The minimum Gasteiger partial charge on any atom is -0.396 e. The van der Waals surface area contributed by atoms with Crippen LogP contribution in [0.2, 0.25) is 0 Å². The molecule has 0 spiro atoms. The summed E-state index contributed by atoms with van der Waals surface area (Å²) in [6, 6.07) is 6.86. The van der Waals surface area contributed by atoms with Gasteiger partial charge in [0.2, 0.25) is 0 Å². The molecule has 2 aromatic rings. The second kappa shape index (κ2) is 4.61. The summed E-state index contributed by atoms with van der Waals surface area (Å²) < 4.78 is 0. The second-order valence-corrected chi connectivity index (χ2v) is 3.58. The van der Waals surface area contributed by atoms with Gasteiger partial charge in [-0.05, 0) is 31.2 Å². The molecule has 2 heterocycles. The molecule has 0 aliphatic heterocycles. The minimum absolute atomic E-state index is 0.275. The molecule has 0 bridgehead atoms. The third-order valence-corrected chi connectivity index (χ3v) is 2.24. The number of nitrogens with one attached hydrogen (secondary N) is 1.